The van der Waals surface area contributed by atoms with E-state index in [1.54, 1.807) is 0 Å². The third-order valence-electron chi connectivity index (χ3n) is 4.31. The predicted molar refractivity (Wildman–Crippen MR) is 69.5 cm³/mol. The Bertz CT molecular complexity index is 178. The maximum absolute atomic E-state index is 9.90. The van der Waals surface area contributed by atoms with Crippen molar-refractivity contribution in [1.29, 1.82) is 0 Å². The average molecular weight is 227 g/mol. The molecule has 0 heterocycles. The van der Waals surface area contributed by atoms with E-state index in [0.29, 0.717) is 12.0 Å². The molecule has 0 aromatic carbocycles. The molecular formula is C14H29NO. The van der Waals surface area contributed by atoms with Gasteiger partial charge in [-0.25, -0.2) is 0 Å². The second-order valence-electron chi connectivity index (χ2n) is 5.55. The van der Waals surface area contributed by atoms with Crippen molar-refractivity contribution in [2.75, 3.05) is 6.54 Å². The Morgan fingerprint density at radius 3 is 2.38 bits per heavy atom. The Morgan fingerprint density at radius 2 is 1.81 bits per heavy atom. The van der Waals surface area contributed by atoms with Crippen LogP contribution in [0, 0.1) is 11.8 Å². The first-order chi connectivity index (χ1) is 7.65. The van der Waals surface area contributed by atoms with Crippen LogP contribution in [0.2, 0.25) is 0 Å². The number of hydrogen-bond acceptors (Lipinski definition) is 2. The highest BCUT2D eigenvalue weighted by molar-refractivity contribution is 4.77. The highest BCUT2D eigenvalue weighted by Gasteiger charge is 2.21. The summed E-state index contributed by atoms with van der Waals surface area (Å²) in [7, 11) is 0. The number of aliphatic hydroxyl groups is 1. The summed E-state index contributed by atoms with van der Waals surface area (Å²) in [6.07, 6.45) is 7.81. The van der Waals surface area contributed by atoms with Crippen LogP contribution in [-0.2, 0) is 0 Å². The Morgan fingerprint density at radius 1 is 1.19 bits per heavy atom. The van der Waals surface area contributed by atoms with E-state index in [-0.39, 0.29) is 6.10 Å². The van der Waals surface area contributed by atoms with E-state index in [4.69, 9.17) is 0 Å². The van der Waals surface area contributed by atoms with E-state index >= 15 is 0 Å². The molecule has 1 fully saturated rings. The predicted octanol–water partition coefficient (Wildman–Crippen LogP) is 2.95. The van der Waals surface area contributed by atoms with E-state index in [9.17, 15) is 5.11 Å². The SMILES string of the molecule is CCC(C)C(O)CNC(C)C1CCCCC1. The normalized spacial score (nSPS) is 24.0. The van der Waals surface area contributed by atoms with Crippen LogP contribution in [0.5, 0.6) is 0 Å². The van der Waals surface area contributed by atoms with Gasteiger partial charge in [0.2, 0.25) is 0 Å². The molecule has 0 saturated heterocycles. The van der Waals surface area contributed by atoms with Crippen LogP contribution in [0.25, 0.3) is 0 Å². The lowest BCUT2D eigenvalue weighted by molar-refractivity contribution is 0.105. The monoisotopic (exact) mass is 227 g/mol. The van der Waals surface area contributed by atoms with Crippen molar-refractivity contribution >= 4 is 0 Å². The lowest BCUT2D eigenvalue weighted by Crippen LogP contribution is -2.40. The molecule has 0 amide bonds. The lowest BCUT2D eigenvalue weighted by Gasteiger charge is -2.29. The van der Waals surface area contributed by atoms with E-state index in [0.717, 1.165) is 18.9 Å². The van der Waals surface area contributed by atoms with Crippen LogP contribution >= 0.6 is 0 Å². The van der Waals surface area contributed by atoms with Gasteiger partial charge < -0.3 is 10.4 Å². The minimum atomic E-state index is -0.184. The molecule has 2 nitrogen and oxygen atoms in total. The molecular weight excluding hydrogens is 198 g/mol. The maximum atomic E-state index is 9.90. The van der Waals surface area contributed by atoms with Crippen molar-refractivity contribution in [3.63, 3.8) is 0 Å². The van der Waals surface area contributed by atoms with Gasteiger partial charge in [0.05, 0.1) is 6.10 Å². The van der Waals surface area contributed by atoms with Gasteiger partial charge >= 0.3 is 0 Å². The van der Waals surface area contributed by atoms with Gasteiger partial charge in [0.25, 0.3) is 0 Å². The van der Waals surface area contributed by atoms with Crippen molar-refractivity contribution in [1.82, 2.24) is 5.32 Å². The minimum absolute atomic E-state index is 0.184. The Labute approximate surface area is 101 Å². The van der Waals surface area contributed by atoms with Crippen molar-refractivity contribution in [2.24, 2.45) is 11.8 Å². The van der Waals surface area contributed by atoms with Gasteiger partial charge in [0.15, 0.2) is 0 Å². The summed E-state index contributed by atoms with van der Waals surface area (Å²) in [6, 6.07) is 0.569. The van der Waals surface area contributed by atoms with Crippen molar-refractivity contribution in [2.45, 2.75) is 71.4 Å². The molecule has 0 aliphatic heterocycles. The molecule has 1 saturated carbocycles. The van der Waals surface area contributed by atoms with E-state index < -0.39 is 0 Å². The quantitative estimate of drug-likeness (QED) is 0.731. The number of hydrogen-bond donors (Lipinski definition) is 2. The molecule has 1 aliphatic carbocycles. The van der Waals surface area contributed by atoms with Crippen LogP contribution in [0.3, 0.4) is 0 Å². The summed E-state index contributed by atoms with van der Waals surface area (Å²) >= 11 is 0. The van der Waals surface area contributed by atoms with Crippen LogP contribution in [-0.4, -0.2) is 23.8 Å². The van der Waals surface area contributed by atoms with Crippen molar-refractivity contribution in [3.05, 3.63) is 0 Å². The van der Waals surface area contributed by atoms with Gasteiger partial charge in [-0.1, -0.05) is 39.5 Å². The molecule has 0 spiro atoms. The lowest BCUT2D eigenvalue weighted by atomic mass is 9.84. The van der Waals surface area contributed by atoms with Gasteiger partial charge in [-0.05, 0) is 31.6 Å². The largest absolute Gasteiger partial charge is 0.392 e. The molecule has 2 N–H and O–H groups in total. The zero-order chi connectivity index (χ0) is 12.0. The highest BCUT2D eigenvalue weighted by atomic mass is 16.3. The number of nitrogens with one attached hydrogen (secondary N) is 1. The zero-order valence-corrected chi connectivity index (χ0v) is 11.2. The Hall–Kier alpha value is -0.0800. The molecule has 0 radical (unpaired) electrons. The minimum Gasteiger partial charge on any atom is -0.392 e. The second kappa shape index (κ2) is 7.29. The highest BCUT2D eigenvalue weighted by Crippen LogP contribution is 2.26. The summed E-state index contributed by atoms with van der Waals surface area (Å²) in [5.41, 5.74) is 0. The fourth-order valence-electron chi connectivity index (χ4n) is 2.58. The van der Waals surface area contributed by atoms with E-state index in [1.807, 2.05) is 0 Å². The number of aliphatic hydroxyl groups excluding tert-OH is 1. The van der Waals surface area contributed by atoms with Crippen LogP contribution in [0.4, 0.5) is 0 Å². The fourth-order valence-corrected chi connectivity index (χ4v) is 2.58. The van der Waals surface area contributed by atoms with Crippen LogP contribution in [0.15, 0.2) is 0 Å². The van der Waals surface area contributed by atoms with E-state index in [1.165, 1.54) is 32.1 Å². The molecule has 0 aromatic rings. The zero-order valence-electron chi connectivity index (χ0n) is 11.2. The molecule has 1 aliphatic rings. The Balaban J connectivity index is 2.20. The molecule has 2 heteroatoms. The first-order valence-electron chi connectivity index (χ1n) is 7.06. The maximum Gasteiger partial charge on any atom is 0.0690 e. The summed E-state index contributed by atoms with van der Waals surface area (Å²) in [6.45, 7) is 7.29. The first-order valence-corrected chi connectivity index (χ1v) is 7.06. The molecule has 0 bridgehead atoms. The molecule has 0 aromatic heterocycles. The van der Waals surface area contributed by atoms with Gasteiger partial charge in [0, 0.05) is 12.6 Å². The van der Waals surface area contributed by atoms with E-state index in [2.05, 4.69) is 26.1 Å². The van der Waals surface area contributed by atoms with Gasteiger partial charge in [-0.15, -0.1) is 0 Å². The standard InChI is InChI=1S/C14H29NO/c1-4-11(2)14(16)10-15-12(3)13-8-6-5-7-9-13/h11-16H,4-10H2,1-3H3. The van der Waals surface area contributed by atoms with Crippen molar-refractivity contribution < 1.29 is 5.11 Å². The van der Waals surface area contributed by atoms with Gasteiger partial charge in [-0.3, -0.25) is 0 Å². The second-order valence-corrected chi connectivity index (χ2v) is 5.55. The molecule has 16 heavy (non-hydrogen) atoms. The smallest absolute Gasteiger partial charge is 0.0690 e. The summed E-state index contributed by atoms with van der Waals surface area (Å²) in [5.74, 6) is 1.24. The molecule has 3 atom stereocenters. The molecule has 1 rings (SSSR count). The Kier molecular flexibility index (Phi) is 6.37. The number of rotatable bonds is 6. The van der Waals surface area contributed by atoms with Crippen molar-refractivity contribution in [3.8, 4) is 0 Å². The first kappa shape index (κ1) is 14.0. The average Bonchev–Trinajstić information content (AvgIpc) is 2.35. The fraction of sp³-hybridized carbons (Fsp3) is 1.00. The third kappa shape index (κ3) is 4.42. The van der Waals surface area contributed by atoms with Crippen LogP contribution < -0.4 is 5.32 Å². The summed E-state index contributed by atoms with van der Waals surface area (Å²) in [5, 5.41) is 13.4. The third-order valence-corrected chi connectivity index (χ3v) is 4.31. The van der Waals surface area contributed by atoms with Gasteiger partial charge in [0.1, 0.15) is 0 Å². The summed E-state index contributed by atoms with van der Waals surface area (Å²) < 4.78 is 0. The summed E-state index contributed by atoms with van der Waals surface area (Å²) in [4.78, 5) is 0. The van der Waals surface area contributed by atoms with Gasteiger partial charge in [-0.2, -0.15) is 0 Å². The topological polar surface area (TPSA) is 32.3 Å². The van der Waals surface area contributed by atoms with Crippen LogP contribution in [0.1, 0.15) is 59.3 Å². The molecule has 3 unspecified atom stereocenters. The molecule has 96 valence electrons.